The van der Waals surface area contributed by atoms with E-state index in [9.17, 15) is 0 Å². The largest absolute Gasteiger partial charge is 0.205 e. The van der Waals surface area contributed by atoms with Crippen molar-refractivity contribution in [3.8, 4) is 0 Å². The Morgan fingerprint density at radius 2 is 1.21 bits per heavy atom. The van der Waals surface area contributed by atoms with Gasteiger partial charge in [0.25, 0.3) is 0 Å². The summed E-state index contributed by atoms with van der Waals surface area (Å²) in [4.78, 5) is 4.69. The van der Waals surface area contributed by atoms with Crippen LogP contribution in [-0.2, 0) is 0 Å². The molecule has 3 aromatic carbocycles. The van der Waals surface area contributed by atoms with E-state index in [1.54, 1.807) is 0 Å². The highest BCUT2D eigenvalue weighted by Gasteiger charge is 2.06. The first-order valence-corrected chi connectivity index (χ1v) is 8.29. The normalized spacial score (nSPS) is 10.3. The van der Waals surface area contributed by atoms with Crippen LogP contribution >= 0.6 is 0 Å². The molecule has 0 bridgehead atoms. The lowest BCUT2D eigenvalue weighted by molar-refractivity contribution is 0.867. The van der Waals surface area contributed by atoms with Crippen molar-refractivity contribution in [3.63, 3.8) is 0 Å². The molecule has 1 nitrogen and oxygen atoms in total. The van der Waals surface area contributed by atoms with Crippen LogP contribution in [0, 0.1) is 0 Å². The highest BCUT2D eigenvalue weighted by Crippen LogP contribution is 2.27. The third-order valence-electron chi connectivity index (χ3n) is 3.97. The number of rotatable bonds is 4. The number of nitrogens with zero attached hydrogens (tertiary/aromatic N) is 1. The predicted octanol–water partition coefficient (Wildman–Crippen LogP) is 6.24. The van der Waals surface area contributed by atoms with Crippen molar-refractivity contribution in [1.29, 1.82) is 0 Å². The van der Waals surface area contributed by atoms with Gasteiger partial charge in [-0.15, -0.1) is 0 Å². The molecular formula is C23H21N. The maximum atomic E-state index is 4.69. The average molecular weight is 311 g/mol. The standard InChI is InChI=1S/C23H21N/c1-18(2)21-15-9-10-16-23(21)24-17-22(19-11-5-3-6-12-19)20-13-7-4-8-14-20/h3-16,18H,1-2H3. The molecule has 0 aliphatic heterocycles. The third-order valence-corrected chi connectivity index (χ3v) is 3.97. The van der Waals surface area contributed by atoms with Crippen molar-refractivity contribution in [3.05, 3.63) is 102 Å². The molecule has 0 amide bonds. The zero-order chi connectivity index (χ0) is 16.8. The van der Waals surface area contributed by atoms with Crippen molar-refractivity contribution >= 4 is 17.1 Å². The Morgan fingerprint density at radius 3 is 1.75 bits per heavy atom. The molecule has 3 aromatic rings. The van der Waals surface area contributed by atoms with Gasteiger partial charge in [-0.05, 0) is 34.5 Å². The fourth-order valence-corrected chi connectivity index (χ4v) is 2.70. The van der Waals surface area contributed by atoms with E-state index in [1.807, 2.05) is 42.5 Å². The summed E-state index contributed by atoms with van der Waals surface area (Å²) in [5, 5.41) is 0. The van der Waals surface area contributed by atoms with Gasteiger partial charge < -0.3 is 0 Å². The highest BCUT2D eigenvalue weighted by molar-refractivity contribution is 5.99. The Labute approximate surface area is 144 Å². The molecule has 0 aromatic heterocycles. The van der Waals surface area contributed by atoms with Crippen LogP contribution in [0.25, 0.3) is 5.57 Å². The van der Waals surface area contributed by atoms with Crippen LogP contribution in [0.2, 0.25) is 0 Å². The number of benzene rings is 3. The fraction of sp³-hybridized carbons (Fsp3) is 0.130. The zero-order valence-electron chi connectivity index (χ0n) is 14.1. The van der Waals surface area contributed by atoms with Crippen LogP contribution in [0.4, 0.5) is 5.69 Å². The Morgan fingerprint density at radius 1 is 0.708 bits per heavy atom. The first kappa shape index (κ1) is 16.0. The van der Waals surface area contributed by atoms with Crippen LogP contribution in [0.1, 0.15) is 36.5 Å². The molecular weight excluding hydrogens is 290 g/mol. The molecule has 0 heterocycles. The molecule has 1 heteroatoms. The summed E-state index contributed by atoms with van der Waals surface area (Å²) in [6, 6.07) is 28.9. The lowest BCUT2D eigenvalue weighted by Crippen LogP contribution is -1.89. The van der Waals surface area contributed by atoms with Crippen LogP contribution in [0.15, 0.2) is 89.9 Å². The van der Waals surface area contributed by atoms with Gasteiger partial charge in [0.15, 0.2) is 0 Å². The van der Waals surface area contributed by atoms with Crippen molar-refractivity contribution in [2.24, 2.45) is 4.99 Å². The second-order valence-corrected chi connectivity index (χ2v) is 6.04. The Hall–Kier alpha value is -2.89. The number of aliphatic imine (C=N–C) groups is 1. The van der Waals surface area contributed by atoms with E-state index >= 15 is 0 Å². The van der Waals surface area contributed by atoms with E-state index < -0.39 is 0 Å². The maximum absolute atomic E-state index is 4.69. The topological polar surface area (TPSA) is 12.4 Å². The van der Waals surface area contributed by atoms with Crippen molar-refractivity contribution in [2.75, 3.05) is 0 Å². The van der Waals surface area contributed by atoms with Crippen LogP contribution < -0.4 is 0 Å². The Bertz CT molecular complexity index is 813. The zero-order valence-corrected chi connectivity index (χ0v) is 14.1. The Balaban J connectivity index is 2.15. The minimum absolute atomic E-state index is 0.434. The molecule has 0 spiro atoms. The van der Waals surface area contributed by atoms with Gasteiger partial charge in [-0.1, -0.05) is 92.7 Å². The van der Waals surface area contributed by atoms with Crippen LogP contribution in [-0.4, -0.2) is 5.87 Å². The molecule has 0 atom stereocenters. The molecule has 0 aliphatic carbocycles. The van der Waals surface area contributed by atoms with Gasteiger partial charge in [0, 0.05) is 0 Å². The second-order valence-electron chi connectivity index (χ2n) is 6.04. The molecule has 0 radical (unpaired) electrons. The highest BCUT2D eigenvalue weighted by atomic mass is 14.7. The van der Waals surface area contributed by atoms with E-state index in [1.165, 1.54) is 5.56 Å². The smallest absolute Gasteiger partial charge is 0.0764 e. The lowest BCUT2D eigenvalue weighted by Gasteiger charge is -2.08. The molecule has 0 saturated heterocycles. The summed E-state index contributed by atoms with van der Waals surface area (Å²) in [6.45, 7) is 4.38. The molecule has 24 heavy (non-hydrogen) atoms. The first-order chi connectivity index (χ1) is 11.8. The third kappa shape index (κ3) is 3.71. The van der Waals surface area contributed by atoms with E-state index in [-0.39, 0.29) is 0 Å². The number of para-hydroxylation sites is 1. The van der Waals surface area contributed by atoms with Gasteiger partial charge in [-0.2, -0.15) is 0 Å². The summed E-state index contributed by atoms with van der Waals surface area (Å²) >= 11 is 0. The molecule has 0 aliphatic rings. The van der Waals surface area contributed by atoms with Gasteiger partial charge >= 0.3 is 0 Å². The minimum atomic E-state index is 0.434. The Kier molecular flexibility index (Phi) is 5.05. The van der Waals surface area contributed by atoms with Crippen LogP contribution in [0.3, 0.4) is 0 Å². The average Bonchev–Trinajstić information content (AvgIpc) is 2.64. The van der Waals surface area contributed by atoms with E-state index in [0.29, 0.717) is 5.92 Å². The maximum Gasteiger partial charge on any atom is 0.0764 e. The van der Waals surface area contributed by atoms with Gasteiger partial charge in [0.05, 0.1) is 11.3 Å². The van der Waals surface area contributed by atoms with Crippen LogP contribution in [0.5, 0.6) is 0 Å². The minimum Gasteiger partial charge on any atom is -0.205 e. The fourth-order valence-electron chi connectivity index (χ4n) is 2.70. The monoisotopic (exact) mass is 311 g/mol. The van der Waals surface area contributed by atoms with E-state index in [0.717, 1.165) is 22.4 Å². The molecule has 0 fully saturated rings. The molecule has 0 saturated carbocycles. The van der Waals surface area contributed by atoms with Crippen molar-refractivity contribution < 1.29 is 0 Å². The molecule has 118 valence electrons. The van der Waals surface area contributed by atoms with Gasteiger partial charge in [-0.3, -0.25) is 0 Å². The second kappa shape index (κ2) is 7.59. The van der Waals surface area contributed by atoms with E-state index in [2.05, 4.69) is 62.2 Å². The van der Waals surface area contributed by atoms with Crippen molar-refractivity contribution in [2.45, 2.75) is 19.8 Å². The molecule has 3 rings (SSSR count). The lowest BCUT2D eigenvalue weighted by atomic mass is 9.99. The number of hydrogen-bond donors (Lipinski definition) is 0. The SMILES string of the molecule is CC(C)c1ccccc1N=C=C(c1ccccc1)c1ccccc1. The molecule has 0 N–H and O–H groups in total. The summed E-state index contributed by atoms with van der Waals surface area (Å²) in [5.41, 5.74) is 5.47. The molecule has 0 unspecified atom stereocenters. The van der Waals surface area contributed by atoms with Crippen molar-refractivity contribution in [1.82, 2.24) is 0 Å². The summed E-state index contributed by atoms with van der Waals surface area (Å²) in [6.07, 6.45) is 0. The summed E-state index contributed by atoms with van der Waals surface area (Å²) in [7, 11) is 0. The van der Waals surface area contributed by atoms with Gasteiger partial charge in [0.1, 0.15) is 0 Å². The van der Waals surface area contributed by atoms with Gasteiger partial charge in [-0.25, -0.2) is 4.99 Å². The first-order valence-electron chi connectivity index (χ1n) is 8.29. The summed E-state index contributed by atoms with van der Waals surface area (Å²) in [5.74, 6) is 3.74. The quantitative estimate of drug-likeness (QED) is 0.505. The summed E-state index contributed by atoms with van der Waals surface area (Å²) < 4.78 is 0. The van der Waals surface area contributed by atoms with Gasteiger partial charge in [0.2, 0.25) is 0 Å². The predicted molar refractivity (Wildman–Crippen MR) is 103 cm³/mol. The van der Waals surface area contributed by atoms with E-state index in [4.69, 9.17) is 4.99 Å². The number of hydrogen-bond acceptors (Lipinski definition) is 1.